The Labute approximate surface area is 145 Å². The molecular weight excluding hydrogens is 320 g/mol. The van der Waals surface area contributed by atoms with Crippen molar-refractivity contribution < 1.29 is 9.59 Å². The van der Waals surface area contributed by atoms with Crippen LogP contribution in [-0.2, 0) is 16.0 Å². The molecule has 0 bridgehead atoms. The first-order valence-electron chi connectivity index (χ1n) is 8.01. The molecule has 0 saturated heterocycles. The monoisotopic (exact) mass is 342 g/mol. The van der Waals surface area contributed by atoms with Crippen molar-refractivity contribution in [2.24, 2.45) is 0 Å². The number of hydrogen-bond acceptors (Lipinski definition) is 4. The van der Waals surface area contributed by atoms with E-state index in [-0.39, 0.29) is 23.8 Å². The lowest BCUT2D eigenvalue weighted by Crippen LogP contribution is -2.20. The number of anilines is 2. The Morgan fingerprint density at radius 3 is 2.36 bits per heavy atom. The summed E-state index contributed by atoms with van der Waals surface area (Å²) in [4.78, 5) is 42.3. The van der Waals surface area contributed by atoms with Gasteiger partial charge in [0.2, 0.25) is 11.8 Å². The number of nitrogens with one attached hydrogen (secondary N) is 3. The Morgan fingerprint density at radius 1 is 1.12 bits per heavy atom. The average Bonchev–Trinajstić information content (AvgIpc) is 2.49. The van der Waals surface area contributed by atoms with E-state index in [1.165, 1.54) is 6.92 Å². The number of nitrogens with zero attached hydrogens (tertiary/aromatic N) is 1. The molecule has 0 aliphatic carbocycles. The van der Waals surface area contributed by atoms with E-state index in [0.29, 0.717) is 34.9 Å². The van der Waals surface area contributed by atoms with Crippen LogP contribution in [0.2, 0.25) is 0 Å². The molecule has 0 radical (unpaired) electrons. The number of rotatable bonds is 5. The Bertz CT molecular complexity index is 871. The lowest BCUT2D eigenvalue weighted by atomic mass is 10.1. The van der Waals surface area contributed by atoms with Crippen LogP contribution in [0.3, 0.4) is 0 Å². The molecule has 25 heavy (non-hydrogen) atoms. The summed E-state index contributed by atoms with van der Waals surface area (Å²) in [7, 11) is 0. The molecule has 1 heterocycles. The van der Waals surface area contributed by atoms with Crippen LogP contribution in [0.25, 0.3) is 0 Å². The predicted molar refractivity (Wildman–Crippen MR) is 96.8 cm³/mol. The van der Waals surface area contributed by atoms with Gasteiger partial charge in [0, 0.05) is 36.0 Å². The maximum atomic E-state index is 12.2. The number of aromatic amines is 1. The third-order valence-corrected chi connectivity index (χ3v) is 3.86. The van der Waals surface area contributed by atoms with Gasteiger partial charge >= 0.3 is 0 Å². The topological polar surface area (TPSA) is 104 Å². The van der Waals surface area contributed by atoms with Crippen LogP contribution in [0.15, 0.2) is 23.0 Å². The molecule has 0 aliphatic rings. The van der Waals surface area contributed by atoms with Crippen molar-refractivity contribution in [3.05, 3.63) is 51.2 Å². The van der Waals surface area contributed by atoms with Gasteiger partial charge in [-0.05, 0) is 44.9 Å². The zero-order valence-corrected chi connectivity index (χ0v) is 14.8. The van der Waals surface area contributed by atoms with Gasteiger partial charge in [-0.1, -0.05) is 6.07 Å². The fraction of sp³-hybridized carbons (Fsp3) is 0.333. The summed E-state index contributed by atoms with van der Waals surface area (Å²) >= 11 is 0. The quantitative estimate of drug-likeness (QED) is 0.775. The molecule has 1 aromatic heterocycles. The molecule has 0 unspecified atom stereocenters. The highest BCUT2D eigenvalue weighted by molar-refractivity contribution is 5.95. The van der Waals surface area contributed by atoms with Gasteiger partial charge in [-0.15, -0.1) is 0 Å². The minimum Gasteiger partial charge on any atom is -0.326 e. The highest BCUT2D eigenvalue weighted by atomic mass is 16.2. The van der Waals surface area contributed by atoms with Crippen molar-refractivity contribution in [2.75, 3.05) is 10.6 Å². The molecule has 132 valence electrons. The average molecular weight is 342 g/mol. The van der Waals surface area contributed by atoms with E-state index in [0.717, 1.165) is 5.56 Å². The van der Waals surface area contributed by atoms with E-state index in [1.807, 2.05) is 6.92 Å². The molecular formula is C18H22N4O3. The van der Waals surface area contributed by atoms with Gasteiger partial charge in [-0.25, -0.2) is 4.98 Å². The van der Waals surface area contributed by atoms with Crippen LogP contribution in [0.5, 0.6) is 0 Å². The first-order valence-corrected chi connectivity index (χ1v) is 8.01. The molecule has 0 spiro atoms. The second kappa shape index (κ2) is 7.74. The molecule has 0 aliphatic heterocycles. The summed E-state index contributed by atoms with van der Waals surface area (Å²) in [6.45, 7) is 6.73. The molecule has 0 fully saturated rings. The zero-order valence-electron chi connectivity index (χ0n) is 14.8. The van der Waals surface area contributed by atoms with Crippen LogP contribution in [-0.4, -0.2) is 21.8 Å². The van der Waals surface area contributed by atoms with Crippen molar-refractivity contribution in [1.29, 1.82) is 0 Å². The van der Waals surface area contributed by atoms with Gasteiger partial charge in [0.05, 0.1) is 0 Å². The Morgan fingerprint density at radius 2 is 1.76 bits per heavy atom. The van der Waals surface area contributed by atoms with Gasteiger partial charge in [0.1, 0.15) is 5.82 Å². The highest BCUT2D eigenvalue weighted by Gasteiger charge is 2.12. The smallest absolute Gasteiger partial charge is 0.254 e. The molecule has 7 nitrogen and oxygen atoms in total. The second-order valence-corrected chi connectivity index (χ2v) is 5.92. The highest BCUT2D eigenvalue weighted by Crippen LogP contribution is 2.23. The van der Waals surface area contributed by atoms with Gasteiger partial charge in [0.25, 0.3) is 5.56 Å². The fourth-order valence-corrected chi connectivity index (χ4v) is 2.59. The Balaban J connectivity index is 2.06. The largest absolute Gasteiger partial charge is 0.326 e. The first-order chi connectivity index (χ1) is 11.8. The van der Waals surface area contributed by atoms with Gasteiger partial charge in [0.15, 0.2) is 0 Å². The van der Waals surface area contributed by atoms with Crippen LogP contribution in [0.4, 0.5) is 11.4 Å². The predicted octanol–water partition coefficient (Wildman–Crippen LogP) is 2.22. The van der Waals surface area contributed by atoms with E-state index in [1.54, 1.807) is 32.0 Å². The van der Waals surface area contributed by atoms with Crippen LogP contribution >= 0.6 is 0 Å². The van der Waals surface area contributed by atoms with Crippen molar-refractivity contribution in [3.8, 4) is 0 Å². The first kappa shape index (κ1) is 18.4. The van der Waals surface area contributed by atoms with Crippen molar-refractivity contribution >= 4 is 23.2 Å². The Kier molecular flexibility index (Phi) is 5.69. The lowest BCUT2D eigenvalue weighted by Gasteiger charge is -2.13. The minimum absolute atomic E-state index is 0.165. The van der Waals surface area contributed by atoms with E-state index in [9.17, 15) is 14.4 Å². The number of H-pyrrole nitrogens is 1. The number of benzene rings is 1. The number of aryl methyl sites for hydroxylation is 2. The van der Waals surface area contributed by atoms with Crippen LogP contribution < -0.4 is 16.2 Å². The maximum absolute atomic E-state index is 12.2. The van der Waals surface area contributed by atoms with Gasteiger partial charge in [-0.3, -0.25) is 14.4 Å². The van der Waals surface area contributed by atoms with Crippen molar-refractivity contribution in [1.82, 2.24) is 9.97 Å². The molecule has 2 rings (SSSR count). The van der Waals surface area contributed by atoms with Crippen LogP contribution in [0.1, 0.15) is 36.0 Å². The third-order valence-electron chi connectivity index (χ3n) is 3.86. The molecule has 0 saturated carbocycles. The second-order valence-electron chi connectivity index (χ2n) is 5.92. The van der Waals surface area contributed by atoms with Crippen molar-refractivity contribution in [3.63, 3.8) is 0 Å². The standard InChI is InChI=1S/C18H22N4O3/c1-10-15(21-13(4)23)6-5-7-16(10)22-17(24)9-8-14-11(2)19-12(3)20-18(14)25/h5-7H,8-9H2,1-4H3,(H,21,23)(H,22,24)(H,19,20,25). The van der Waals surface area contributed by atoms with Crippen LogP contribution in [0, 0.1) is 20.8 Å². The van der Waals surface area contributed by atoms with E-state index >= 15 is 0 Å². The molecule has 1 aromatic carbocycles. The number of carbonyl (C=O) groups excluding carboxylic acids is 2. The summed E-state index contributed by atoms with van der Waals surface area (Å²) in [5.41, 5.74) is 3.00. The summed E-state index contributed by atoms with van der Waals surface area (Å²) in [5, 5.41) is 5.54. The lowest BCUT2D eigenvalue weighted by molar-refractivity contribution is -0.116. The SMILES string of the molecule is CC(=O)Nc1cccc(NC(=O)CCc2c(C)nc(C)[nH]c2=O)c1C. The van der Waals surface area contributed by atoms with E-state index in [2.05, 4.69) is 20.6 Å². The summed E-state index contributed by atoms with van der Waals surface area (Å²) in [6.07, 6.45) is 0.475. The minimum atomic E-state index is -0.207. The third kappa shape index (κ3) is 4.76. The molecule has 0 atom stereocenters. The summed E-state index contributed by atoms with van der Waals surface area (Å²) in [6, 6.07) is 5.30. The van der Waals surface area contributed by atoms with Crippen molar-refractivity contribution in [2.45, 2.75) is 40.5 Å². The normalized spacial score (nSPS) is 10.4. The van der Waals surface area contributed by atoms with E-state index < -0.39 is 0 Å². The fourth-order valence-electron chi connectivity index (χ4n) is 2.59. The van der Waals surface area contributed by atoms with Gasteiger partial charge in [-0.2, -0.15) is 0 Å². The Hall–Kier alpha value is -2.96. The van der Waals surface area contributed by atoms with Gasteiger partial charge < -0.3 is 15.6 Å². The summed E-state index contributed by atoms with van der Waals surface area (Å²) in [5.74, 6) is 0.178. The zero-order chi connectivity index (χ0) is 18.6. The molecule has 2 aromatic rings. The molecule has 7 heteroatoms. The number of amides is 2. The molecule has 3 N–H and O–H groups in total. The number of hydrogen-bond donors (Lipinski definition) is 3. The van der Waals surface area contributed by atoms with E-state index in [4.69, 9.17) is 0 Å². The number of aromatic nitrogens is 2. The summed E-state index contributed by atoms with van der Waals surface area (Å²) < 4.78 is 0. The molecule has 2 amide bonds. The maximum Gasteiger partial charge on any atom is 0.254 e. The number of carbonyl (C=O) groups is 2.